The van der Waals surface area contributed by atoms with Crippen LogP contribution in [-0.2, 0) is 15.4 Å². The topological polar surface area (TPSA) is 46.2 Å². The fraction of sp³-hybridized carbons (Fsp3) is 0.375. The number of rotatable bonds is 5. The number of hydrogen-bond donors (Lipinski definition) is 1. The third kappa shape index (κ3) is 3.09. The molecule has 0 aliphatic heterocycles. The SMILES string of the molecule is O=S(=O)(NCC1(c2ccsc2)CCCC1)c1cccc(F)c1. The van der Waals surface area contributed by atoms with E-state index in [-0.39, 0.29) is 10.3 Å². The molecule has 1 aromatic heterocycles. The molecule has 1 aromatic carbocycles. The monoisotopic (exact) mass is 339 g/mol. The van der Waals surface area contributed by atoms with E-state index in [4.69, 9.17) is 0 Å². The van der Waals surface area contributed by atoms with Crippen molar-refractivity contribution in [3.8, 4) is 0 Å². The van der Waals surface area contributed by atoms with Gasteiger partial charge in [0, 0.05) is 12.0 Å². The molecule has 1 aliphatic carbocycles. The van der Waals surface area contributed by atoms with Gasteiger partial charge in [0.15, 0.2) is 0 Å². The first-order valence-corrected chi connectivity index (χ1v) is 9.72. The molecule has 0 spiro atoms. The summed E-state index contributed by atoms with van der Waals surface area (Å²) in [5, 5.41) is 4.12. The predicted octanol–water partition coefficient (Wildman–Crippen LogP) is 3.68. The van der Waals surface area contributed by atoms with Gasteiger partial charge in [-0.25, -0.2) is 17.5 Å². The highest BCUT2D eigenvalue weighted by Crippen LogP contribution is 2.41. The van der Waals surface area contributed by atoms with Crippen LogP contribution in [-0.4, -0.2) is 15.0 Å². The fourth-order valence-electron chi connectivity index (χ4n) is 3.14. The van der Waals surface area contributed by atoms with E-state index < -0.39 is 15.8 Å². The number of nitrogens with one attached hydrogen (secondary N) is 1. The summed E-state index contributed by atoms with van der Waals surface area (Å²) in [5.74, 6) is -0.545. The van der Waals surface area contributed by atoms with Crippen LogP contribution < -0.4 is 4.72 Å². The zero-order chi connectivity index (χ0) is 15.6. The van der Waals surface area contributed by atoms with E-state index in [0.29, 0.717) is 6.54 Å². The molecule has 0 atom stereocenters. The van der Waals surface area contributed by atoms with Gasteiger partial charge in [0.05, 0.1) is 4.90 Å². The van der Waals surface area contributed by atoms with E-state index in [1.165, 1.54) is 23.8 Å². The molecule has 22 heavy (non-hydrogen) atoms. The summed E-state index contributed by atoms with van der Waals surface area (Å²) >= 11 is 1.63. The molecule has 1 saturated carbocycles. The largest absolute Gasteiger partial charge is 0.240 e. The van der Waals surface area contributed by atoms with Crippen LogP contribution in [0.1, 0.15) is 31.2 Å². The molecule has 0 saturated heterocycles. The first-order chi connectivity index (χ1) is 10.5. The number of sulfonamides is 1. The minimum Gasteiger partial charge on any atom is -0.210 e. The van der Waals surface area contributed by atoms with Crippen molar-refractivity contribution in [3.63, 3.8) is 0 Å². The minimum absolute atomic E-state index is 0.0223. The van der Waals surface area contributed by atoms with Crippen LogP contribution in [0.5, 0.6) is 0 Å². The third-order valence-corrected chi connectivity index (χ3v) is 6.48. The maximum atomic E-state index is 13.2. The Morgan fingerprint density at radius 3 is 2.64 bits per heavy atom. The van der Waals surface area contributed by atoms with E-state index in [1.54, 1.807) is 11.3 Å². The van der Waals surface area contributed by atoms with E-state index in [1.807, 2.05) is 5.38 Å². The normalized spacial score (nSPS) is 17.7. The summed E-state index contributed by atoms with van der Waals surface area (Å²) in [6.07, 6.45) is 4.18. The molecule has 0 bridgehead atoms. The molecule has 1 heterocycles. The van der Waals surface area contributed by atoms with Gasteiger partial charge in [-0.15, -0.1) is 0 Å². The summed E-state index contributed by atoms with van der Waals surface area (Å²) in [6.45, 7) is 0.364. The Bertz CT molecular complexity index is 735. The van der Waals surface area contributed by atoms with Gasteiger partial charge in [-0.1, -0.05) is 18.9 Å². The summed E-state index contributed by atoms with van der Waals surface area (Å²) < 4.78 is 40.7. The number of halogens is 1. The standard InChI is InChI=1S/C16H18FNO2S2/c17-14-4-3-5-15(10-14)22(19,20)18-12-16(7-1-2-8-16)13-6-9-21-11-13/h3-6,9-11,18H,1-2,7-8,12H2. The van der Waals surface area contributed by atoms with Gasteiger partial charge >= 0.3 is 0 Å². The molecular formula is C16H18FNO2S2. The van der Waals surface area contributed by atoms with E-state index in [9.17, 15) is 12.8 Å². The minimum atomic E-state index is -3.69. The van der Waals surface area contributed by atoms with Gasteiger partial charge in [0.1, 0.15) is 5.82 Å². The lowest BCUT2D eigenvalue weighted by Gasteiger charge is -2.28. The maximum absolute atomic E-state index is 13.2. The van der Waals surface area contributed by atoms with Gasteiger partial charge in [-0.05, 0) is 53.4 Å². The number of thiophene rings is 1. The summed E-state index contributed by atoms with van der Waals surface area (Å²) in [6, 6.07) is 7.19. The van der Waals surface area contributed by atoms with Gasteiger partial charge in [-0.2, -0.15) is 11.3 Å². The lowest BCUT2D eigenvalue weighted by atomic mass is 9.81. The van der Waals surface area contributed by atoms with Crippen molar-refractivity contribution in [2.24, 2.45) is 0 Å². The molecule has 1 aliphatic rings. The molecule has 2 aromatic rings. The average molecular weight is 339 g/mol. The Morgan fingerprint density at radius 2 is 2.00 bits per heavy atom. The quantitative estimate of drug-likeness (QED) is 0.903. The van der Waals surface area contributed by atoms with Crippen LogP contribution in [0.4, 0.5) is 4.39 Å². The third-order valence-electron chi connectivity index (χ3n) is 4.40. The lowest BCUT2D eigenvalue weighted by molar-refractivity contribution is 0.433. The molecule has 0 amide bonds. The van der Waals surface area contributed by atoms with Gasteiger partial charge < -0.3 is 0 Å². The van der Waals surface area contributed by atoms with E-state index in [0.717, 1.165) is 31.7 Å². The van der Waals surface area contributed by atoms with Crippen molar-refractivity contribution in [1.82, 2.24) is 4.72 Å². The van der Waals surface area contributed by atoms with Crippen molar-refractivity contribution in [1.29, 1.82) is 0 Å². The van der Waals surface area contributed by atoms with E-state index >= 15 is 0 Å². The Labute approximate surface area is 134 Å². The molecule has 0 unspecified atom stereocenters. The second-order valence-electron chi connectivity index (χ2n) is 5.78. The van der Waals surface area contributed by atoms with Gasteiger partial charge in [0.25, 0.3) is 0 Å². The first-order valence-electron chi connectivity index (χ1n) is 7.30. The molecule has 3 nitrogen and oxygen atoms in total. The van der Waals surface area contributed by atoms with Gasteiger partial charge in [0.2, 0.25) is 10.0 Å². The van der Waals surface area contributed by atoms with Crippen LogP contribution >= 0.6 is 11.3 Å². The van der Waals surface area contributed by atoms with Crippen molar-refractivity contribution in [3.05, 3.63) is 52.5 Å². The average Bonchev–Trinajstić information content (AvgIpc) is 3.17. The fourth-order valence-corrected chi connectivity index (χ4v) is 5.07. The number of benzene rings is 1. The number of hydrogen-bond acceptors (Lipinski definition) is 3. The Kier molecular flexibility index (Phi) is 4.34. The van der Waals surface area contributed by atoms with Crippen LogP contribution in [0, 0.1) is 5.82 Å². The van der Waals surface area contributed by atoms with Crippen LogP contribution in [0.25, 0.3) is 0 Å². The van der Waals surface area contributed by atoms with Crippen molar-refractivity contribution in [2.75, 3.05) is 6.54 Å². The Morgan fingerprint density at radius 1 is 1.23 bits per heavy atom. The maximum Gasteiger partial charge on any atom is 0.240 e. The molecule has 118 valence electrons. The molecule has 1 fully saturated rings. The summed E-state index contributed by atoms with van der Waals surface area (Å²) in [5.41, 5.74) is 1.08. The zero-order valence-corrected chi connectivity index (χ0v) is 13.7. The van der Waals surface area contributed by atoms with Crippen LogP contribution in [0.2, 0.25) is 0 Å². The first kappa shape index (κ1) is 15.6. The highest BCUT2D eigenvalue weighted by atomic mass is 32.2. The Balaban J connectivity index is 1.81. The van der Waals surface area contributed by atoms with Crippen LogP contribution in [0.3, 0.4) is 0 Å². The second kappa shape index (κ2) is 6.10. The van der Waals surface area contributed by atoms with Gasteiger partial charge in [-0.3, -0.25) is 0 Å². The molecular weight excluding hydrogens is 321 g/mol. The summed E-state index contributed by atoms with van der Waals surface area (Å²) in [7, 11) is -3.69. The molecule has 3 rings (SSSR count). The van der Waals surface area contributed by atoms with Crippen molar-refractivity contribution >= 4 is 21.4 Å². The lowest BCUT2D eigenvalue weighted by Crippen LogP contribution is -2.38. The smallest absolute Gasteiger partial charge is 0.210 e. The molecule has 6 heteroatoms. The van der Waals surface area contributed by atoms with E-state index in [2.05, 4.69) is 16.2 Å². The second-order valence-corrected chi connectivity index (χ2v) is 8.33. The predicted molar refractivity (Wildman–Crippen MR) is 86.1 cm³/mol. The van der Waals surface area contributed by atoms with Crippen molar-refractivity contribution in [2.45, 2.75) is 36.0 Å². The Hall–Kier alpha value is -1.24. The summed E-state index contributed by atoms with van der Waals surface area (Å²) in [4.78, 5) is -0.0223. The van der Waals surface area contributed by atoms with Crippen LogP contribution in [0.15, 0.2) is 46.0 Å². The molecule has 0 radical (unpaired) electrons. The van der Waals surface area contributed by atoms with Crippen molar-refractivity contribution < 1.29 is 12.8 Å². The highest BCUT2D eigenvalue weighted by molar-refractivity contribution is 7.89. The highest BCUT2D eigenvalue weighted by Gasteiger charge is 2.37. The molecule has 1 N–H and O–H groups in total. The zero-order valence-electron chi connectivity index (χ0n) is 12.1.